The van der Waals surface area contributed by atoms with Gasteiger partial charge in [-0.3, -0.25) is 9.89 Å². The van der Waals surface area contributed by atoms with Gasteiger partial charge in [-0.1, -0.05) is 0 Å². The summed E-state index contributed by atoms with van der Waals surface area (Å²) in [6, 6.07) is 1.78. The third-order valence-corrected chi connectivity index (χ3v) is 3.23. The van der Waals surface area contributed by atoms with E-state index in [2.05, 4.69) is 31.4 Å². The van der Waals surface area contributed by atoms with Crippen LogP contribution in [-0.4, -0.2) is 16.1 Å². The predicted molar refractivity (Wildman–Crippen MR) is 70.1 cm³/mol. The van der Waals surface area contributed by atoms with Crippen LogP contribution in [0.5, 0.6) is 0 Å². The van der Waals surface area contributed by atoms with Crippen LogP contribution in [0, 0.1) is 25.5 Å². The summed E-state index contributed by atoms with van der Waals surface area (Å²) >= 11 is 3.01. The lowest BCUT2D eigenvalue weighted by molar-refractivity contribution is 0.102. The van der Waals surface area contributed by atoms with Crippen LogP contribution in [0.25, 0.3) is 0 Å². The van der Waals surface area contributed by atoms with Crippen LogP contribution in [0.4, 0.5) is 14.5 Å². The Balaban J connectivity index is 2.35. The molecule has 1 heterocycles. The number of benzene rings is 1. The fraction of sp³-hybridized carbons (Fsp3) is 0.167. The lowest BCUT2D eigenvalue weighted by atomic mass is 10.2. The Morgan fingerprint density at radius 1 is 1.37 bits per heavy atom. The highest BCUT2D eigenvalue weighted by molar-refractivity contribution is 9.10. The topological polar surface area (TPSA) is 57.8 Å². The smallest absolute Gasteiger partial charge is 0.259 e. The second kappa shape index (κ2) is 5.08. The largest absolute Gasteiger partial charge is 0.318 e. The van der Waals surface area contributed by atoms with Crippen molar-refractivity contribution in [3.63, 3.8) is 0 Å². The maximum absolute atomic E-state index is 13.6. The second-order valence-corrected chi connectivity index (χ2v) is 4.86. The molecule has 0 bridgehead atoms. The number of carbonyl (C=O) groups excluding carboxylic acids is 1. The van der Waals surface area contributed by atoms with Gasteiger partial charge in [-0.25, -0.2) is 8.78 Å². The molecule has 2 N–H and O–H groups in total. The molecule has 0 aliphatic rings. The summed E-state index contributed by atoms with van der Waals surface area (Å²) in [5.41, 5.74) is 1.32. The number of halogens is 3. The minimum atomic E-state index is -0.848. The van der Waals surface area contributed by atoms with E-state index in [4.69, 9.17) is 0 Å². The molecule has 1 amide bonds. The molecule has 1 aromatic heterocycles. The molecule has 0 unspecified atom stereocenters. The van der Waals surface area contributed by atoms with E-state index >= 15 is 0 Å². The van der Waals surface area contributed by atoms with Gasteiger partial charge < -0.3 is 5.32 Å². The van der Waals surface area contributed by atoms with Crippen molar-refractivity contribution >= 4 is 27.5 Å². The number of H-pyrrole nitrogens is 1. The van der Waals surface area contributed by atoms with Gasteiger partial charge in [-0.05, 0) is 35.8 Å². The van der Waals surface area contributed by atoms with E-state index in [9.17, 15) is 13.6 Å². The number of hydrogen-bond acceptors (Lipinski definition) is 2. The SMILES string of the molecule is Cc1n[nH]c(C)c1C(=O)Nc1c(F)cc(F)cc1Br. The second-order valence-electron chi connectivity index (χ2n) is 4.01. The van der Waals surface area contributed by atoms with Crippen LogP contribution in [0.15, 0.2) is 16.6 Å². The fourth-order valence-corrected chi connectivity index (χ4v) is 2.23. The van der Waals surface area contributed by atoms with Gasteiger partial charge in [0.05, 0.1) is 16.9 Å². The third kappa shape index (κ3) is 2.65. The molecular weight excluding hydrogens is 320 g/mol. The summed E-state index contributed by atoms with van der Waals surface area (Å²) in [4.78, 5) is 12.1. The van der Waals surface area contributed by atoms with Crippen molar-refractivity contribution in [3.8, 4) is 0 Å². The number of nitrogens with one attached hydrogen (secondary N) is 2. The minimum Gasteiger partial charge on any atom is -0.318 e. The van der Waals surface area contributed by atoms with Crippen LogP contribution >= 0.6 is 15.9 Å². The molecule has 2 aromatic rings. The monoisotopic (exact) mass is 329 g/mol. The highest BCUT2D eigenvalue weighted by atomic mass is 79.9. The van der Waals surface area contributed by atoms with Crippen LogP contribution in [-0.2, 0) is 0 Å². The summed E-state index contributed by atoms with van der Waals surface area (Å²) in [5.74, 6) is -2.08. The third-order valence-electron chi connectivity index (χ3n) is 2.60. The quantitative estimate of drug-likeness (QED) is 0.887. The maximum atomic E-state index is 13.6. The molecule has 0 fully saturated rings. The van der Waals surface area contributed by atoms with Crippen LogP contribution in [0.2, 0.25) is 0 Å². The van der Waals surface area contributed by atoms with Gasteiger partial charge in [0, 0.05) is 16.2 Å². The lowest BCUT2D eigenvalue weighted by Crippen LogP contribution is -2.15. The molecule has 0 atom stereocenters. The highest BCUT2D eigenvalue weighted by Crippen LogP contribution is 2.27. The predicted octanol–water partition coefficient (Wildman–Crippen LogP) is 3.32. The van der Waals surface area contributed by atoms with Crippen LogP contribution in [0.1, 0.15) is 21.7 Å². The Labute approximate surface area is 116 Å². The van der Waals surface area contributed by atoms with E-state index in [1.807, 2.05) is 0 Å². The molecule has 1 aromatic carbocycles. The molecular formula is C12H10BrF2N3O. The van der Waals surface area contributed by atoms with Gasteiger partial charge in [-0.15, -0.1) is 0 Å². The summed E-state index contributed by atoms with van der Waals surface area (Å²) < 4.78 is 26.7. The molecule has 0 spiro atoms. The Morgan fingerprint density at radius 3 is 2.58 bits per heavy atom. The molecule has 4 nitrogen and oxygen atoms in total. The van der Waals surface area contributed by atoms with Crippen molar-refractivity contribution < 1.29 is 13.6 Å². The Morgan fingerprint density at radius 2 is 2.05 bits per heavy atom. The summed E-state index contributed by atoms with van der Waals surface area (Å²) in [6.07, 6.45) is 0. The number of hydrogen-bond donors (Lipinski definition) is 2. The Hall–Kier alpha value is -1.76. The van der Waals surface area contributed by atoms with Crippen LogP contribution in [0.3, 0.4) is 0 Å². The average Bonchev–Trinajstić information content (AvgIpc) is 2.63. The molecule has 0 saturated heterocycles. The molecule has 100 valence electrons. The zero-order valence-corrected chi connectivity index (χ0v) is 11.7. The van der Waals surface area contributed by atoms with Crippen molar-refractivity contribution in [2.45, 2.75) is 13.8 Å². The first-order valence-electron chi connectivity index (χ1n) is 5.37. The van der Waals surface area contributed by atoms with E-state index in [1.54, 1.807) is 13.8 Å². The molecule has 7 heteroatoms. The van der Waals surface area contributed by atoms with E-state index in [1.165, 1.54) is 0 Å². The van der Waals surface area contributed by atoms with Crippen molar-refractivity contribution in [2.75, 3.05) is 5.32 Å². The number of amides is 1. The molecule has 19 heavy (non-hydrogen) atoms. The lowest BCUT2D eigenvalue weighted by Gasteiger charge is -2.09. The van der Waals surface area contributed by atoms with Crippen molar-refractivity contribution in [2.24, 2.45) is 0 Å². The van der Waals surface area contributed by atoms with Crippen molar-refractivity contribution in [1.29, 1.82) is 0 Å². The number of anilines is 1. The summed E-state index contributed by atoms with van der Waals surface area (Å²) in [7, 11) is 0. The minimum absolute atomic E-state index is 0.105. The average molecular weight is 330 g/mol. The van der Waals surface area contributed by atoms with Crippen molar-refractivity contribution in [3.05, 3.63) is 45.2 Å². The van der Waals surface area contributed by atoms with Gasteiger partial charge in [0.15, 0.2) is 5.82 Å². The van der Waals surface area contributed by atoms with E-state index in [0.29, 0.717) is 23.0 Å². The van der Waals surface area contributed by atoms with E-state index in [0.717, 1.165) is 6.07 Å². The van der Waals surface area contributed by atoms with Gasteiger partial charge >= 0.3 is 0 Å². The van der Waals surface area contributed by atoms with Crippen LogP contribution < -0.4 is 5.32 Å². The molecule has 0 saturated carbocycles. The molecule has 2 rings (SSSR count). The first-order valence-corrected chi connectivity index (χ1v) is 6.17. The number of rotatable bonds is 2. The summed E-state index contributed by atoms with van der Waals surface area (Å²) in [6.45, 7) is 3.35. The number of carbonyl (C=O) groups is 1. The number of aryl methyl sites for hydroxylation is 2. The fourth-order valence-electron chi connectivity index (χ4n) is 1.72. The number of aromatic nitrogens is 2. The van der Waals surface area contributed by atoms with Gasteiger partial charge in [0.1, 0.15) is 5.82 Å². The van der Waals surface area contributed by atoms with E-state index in [-0.39, 0.29) is 10.2 Å². The zero-order chi connectivity index (χ0) is 14.2. The zero-order valence-electron chi connectivity index (χ0n) is 10.1. The van der Waals surface area contributed by atoms with Gasteiger partial charge in [-0.2, -0.15) is 5.10 Å². The Kier molecular flexibility index (Phi) is 3.66. The first-order chi connectivity index (χ1) is 8.90. The highest BCUT2D eigenvalue weighted by Gasteiger charge is 2.18. The summed E-state index contributed by atoms with van der Waals surface area (Å²) in [5, 5.41) is 8.95. The standard InChI is InChI=1S/C12H10BrF2N3O/c1-5-10(6(2)18-17-5)12(19)16-11-8(13)3-7(14)4-9(11)15/h3-4H,1-2H3,(H,16,19)(H,17,18). The maximum Gasteiger partial charge on any atom is 0.259 e. The first kappa shape index (κ1) is 13.7. The normalized spacial score (nSPS) is 10.6. The molecule has 0 radical (unpaired) electrons. The van der Waals surface area contributed by atoms with Gasteiger partial charge in [0.25, 0.3) is 5.91 Å². The van der Waals surface area contributed by atoms with Crippen molar-refractivity contribution in [1.82, 2.24) is 10.2 Å². The number of nitrogens with zero attached hydrogens (tertiary/aromatic N) is 1. The van der Waals surface area contributed by atoms with E-state index < -0.39 is 17.5 Å². The van der Waals surface area contributed by atoms with Gasteiger partial charge in [0.2, 0.25) is 0 Å². The molecule has 0 aliphatic heterocycles. The Bertz CT molecular complexity index is 612. The molecule has 0 aliphatic carbocycles. The number of aromatic amines is 1.